The Balaban J connectivity index is 2.40. The topological polar surface area (TPSA) is 23.8 Å². The summed E-state index contributed by atoms with van der Waals surface area (Å²) in [4.78, 5) is 0. The molecule has 0 aromatic heterocycles. The summed E-state index contributed by atoms with van der Waals surface area (Å²) in [5, 5.41) is 9.05. The van der Waals surface area contributed by atoms with E-state index in [-0.39, 0.29) is 0 Å². The second kappa shape index (κ2) is 7.87. The lowest BCUT2D eigenvalue weighted by Gasteiger charge is -2.17. The van der Waals surface area contributed by atoms with E-state index in [9.17, 15) is 4.39 Å². The number of nitriles is 1. The number of halogens is 1. The third-order valence-electron chi connectivity index (χ3n) is 3.28. The average Bonchev–Trinajstić information content (AvgIpc) is 2.43. The molecule has 98 valence electrons. The Kier molecular flexibility index (Phi) is 6.43. The van der Waals surface area contributed by atoms with Crippen LogP contribution < -0.4 is 0 Å². The minimum Gasteiger partial charge on any atom is -0.222 e. The Bertz CT molecular complexity index is 368. The van der Waals surface area contributed by atoms with E-state index in [1.807, 2.05) is 12.1 Å². The summed E-state index contributed by atoms with van der Waals surface area (Å²) in [6.07, 6.45) is 6.92. The van der Waals surface area contributed by atoms with E-state index in [4.69, 9.17) is 5.26 Å². The first-order valence-electron chi connectivity index (χ1n) is 6.88. The summed E-state index contributed by atoms with van der Waals surface area (Å²) >= 11 is 0. The summed E-state index contributed by atoms with van der Waals surface area (Å²) in [5.41, 5.74) is -1.33. The van der Waals surface area contributed by atoms with Gasteiger partial charge in [0, 0.05) is 5.56 Å². The van der Waals surface area contributed by atoms with Crippen molar-refractivity contribution in [1.82, 2.24) is 0 Å². The molecular formula is C16H22FN. The van der Waals surface area contributed by atoms with Crippen LogP contribution >= 0.6 is 0 Å². The van der Waals surface area contributed by atoms with Crippen LogP contribution in [-0.4, -0.2) is 0 Å². The van der Waals surface area contributed by atoms with Gasteiger partial charge >= 0.3 is 0 Å². The van der Waals surface area contributed by atoms with Crippen LogP contribution in [0.15, 0.2) is 30.3 Å². The Hall–Kier alpha value is -1.36. The van der Waals surface area contributed by atoms with Crippen LogP contribution in [0.1, 0.15) is 57.4 Å². The van der Waals surface area contributed by atoms with E-state index in [2.05, 4.69) is 6.92 Å². The molecule has 0 fully saturated rings. The fraction of sp³-hybridized carbons (Fsp3) is 0.562. The molecule has 1 aromatic carbocycles. The number of hydrogen-bond donors (Lipinski definition) is 0. The van der Waals surface area contributed by atoms with Gasteiger partial charge in [-0.1, -0.05) is 69.4 Å². The van der Waals surface area contributed by atoms with E-state index in [1.54, 1.807) is 24.3 Å². The van der Waals surface area contributed by atoms with Crippen LogP contribution in [0, 0.1) is 11.3 Å². The Morgan fingerprint density at radius 3 is 2.28 bits per heavy atom. The third kappa shape index (κ3) is 4.49. The maximum atomic E-state index is 14.5. The van der Waals surface area contributed by atoms with Crippen LogP contribution in [-0.2, 0) is 5.67 Å². The van der Waals surface area contributed by atoms with Gasteiger partial charge < -0.3 is 0 Å². The fourth-order valence-electron chi connectivity index (χ4n) is 2.12. The number of alkyl halides is 1. The highest BCUT2D eigenvalue weighted by atomic mass is 19.1. The van der Waals surface area contributed by atoms with Crippen molar-refractivity contribution in [3.63, 3.8) is 0 Å². The van der Waals surface area contributed by atoms with E-state index in [1.165, 1.54) is 19.3 Å². The van der Waals surface area contributed by atoms with Crippen LogP contribution in [0.5, 0.6) is 0 Å². The zero-order chi connectivity index (χ0) is 13.3. The van der Waals surface area contributed by atoms with Crippen molar-refractivity contribution in [2.45, 2.75) is 57.5 Å². The highest BCUT2D eigenvalue weighted by Gasteiger charge is 2.30. The number of nitrogens with zero attached hydrogens (tertiary/aromatic N) is 1. The van der Waals surface area contributed by atoms with E-state index in [0.29, 0.717) is 12.0 Å². The zero-order valence-electron chi connectivity index (χ0n) is 11.2. The lowest BCUT2D eigenvalue weighted by atomic mass is 9.91. The molecular weight excluding hydrogens is 225 g/mol. The standard InChI is InChI=1S/C16H22FN/c1-2-3-4-5-6-10-13-16(17,14-18)15-11-8-7-9-12-15/h7-9,11-12H,2-6,10,13H2,1H3. The maximum absolute atomic E-state index is 14.5. The molecule has 1 atom stereocenters. The van der Waals surface area contributed by atoms with Gasteiger partial charge in [-0.25, -0.2) is 4.39 Å². The lowest BCUT2D eigenvalue weighted by Crippen LogP contribution is -2.17. The molecule has 0 saturated heterocycles. The summed E-state index contributed by atoms with van der Waals surface area (Å²) in [7, 11) is 0. The molecule has 1 nitrogen and oxygen atoms in total. The molecule has 0 amide bonds. The highest BCUT2D eigenvalue weighted by Crippen LogP contribution is 2.31. The molecule has 1 rings (SSSR count). The molecule has 0 bridgehead atoms. The third-order valence-corrected chi connectivity index (χ3v) is 3.28. The number of unbranched alkanes of at least 4 members (excludes halogenated alkanes) is 5. The fourth-order valence-corrected chi connectivity index (χ4v) is 2.12. The van der Waals surface area contributed by atoms with Crippen molar-refractivity contribution in [1.29, 1.82) is 5.26 Å². The predicted molar refractivity (Wildman–Crippen MR) is 72.8 cm³/mol. The Labute approximate surface area is 110 Å². The van der Waals surface area contributed by atoms with Gasteiger partial charge in [0.2, 0.25) is 5.67 Å². The molecule has 2 heteroatoms. The molecule has 0 saturated carbocycles. The summed E-state index contributed by atoms with van der Waals surface area (Å²) in [6.45, 7) is 2.18. The molecule has 0 aliphatic carbocycles. The molecule has 0 spiro atoms. The first kappa shape index (κ1) is 14.7. The molecule has 18 heavy (non-hydrogen) atoms. The summed E-state index contributed by atoms with van der Waals surface area (Å²) < 4.78 is 14.5. The van der Waals surface area contributed by atoms with E-state index in [0.717, 1.165) is 19.3 Å². The smallest absolute Gasteiger partial charge is 0.221 e. The number of rotatable bonds is 8. The van der Waals surface area contributed by atoms with Gasteiger partial charge in [-0.15, -0.1) is 0 Å². The Morgan fingerprint density at radius 1 is 1.06 bits per heavy atom. The van der Waals surface area contributed by atoms with Gasteiger partial charge in [0.05, 0.1) is 0 Å². The Morgan fingerprint density at radius 2 is 1.67 bits per heavy atom. The van der Waals surface area contributed by atoms with E-state index < -0.39 is 5.67 Å². The summed E-state index contributed by atoms with van der Waals surface area (Å²) in [5.74, 6) is 0. The monoisotopic (exact) mass is 247 g/mol. The number of hydrogen-bond acceptors (Lipinski definition) is 1. The predicted octanol–water partition coefficient (Wildman–Crippen LogP) is 5.13. The van der Waals surface area contributed by atoms with Crippen molar-refractivity contribution in [3.05, 3.63) is 35.9 Å². The van der Waals surface area contributed by atoms with Crippen molar-refractivity contribution < 1.29 is 4.39 Å². The van der Waals surface area contributed by atoms with Crippen molar-refractivity contribution in [2.75, 3.05) is 0 Å². The number of benzene rings is 1. The minimum atomic E-state index is -1.81. The van der Waals surface area contributed by atoms with Gasteiger partial charge in [0.25, 0.3) is 0 Å². The molecule has 0 aliphatic heterocycles. The largest absolute Gasteiger partial charge is 0.222 e. The summed E-state index contributed by atoms with van der Waals surface area (Å²) in [6, 6.07) is 10.6. The quantitative estimate of drug-likeness (QED) is 0.584. The maximum Gasteiger partial charge on any atom is 0.221 e. The molecule has 0 N–H and O–H groups in total. The van der Waals surface area contributed by atoms with Crippen LogP contribution in [0.4, 0.5) is 4.39 Å². The van der Waals surface area contributed by atoms with Gasteiger partial charge in [-0.05, 0) is 12.8 Å². The second-order valence-electron chi connectivity index (χ2n) is 4.80. The molecule has 0 radical (unpaired) electrons. The zero-order valence-corrected chi connectivity index (χ0v) is 11.2. The molecule has 1 unspecified atom stereocenters. The van der Waals surface area contributed by atoms with E-state index >= 15 is 0 Å². The van der Waals surface area contributed by atoms with Gasteiger partial charge in [-0.2, -0.15) is 5.26 Å². The first-order chi connectivity index (χ1) is 8.73. The van der Waals surface area contributed by atoms with Crippen molar-refractivity contribution in [2.24, 2.45) is 0 Å². The molecule has 1 aromatic rings. The molecule has 0 heterocycles. The van der Waals surface area contributed by atoms with Crippen molar-refractivity contribution >= 4 is 0 Å². The molecule has 0 aliphatic rings. The second-order valence-corrected chi connectivity index (χ2v) is 4.80. The van der Waals surface area contributed by atoms with Gasteiger partial charge in [-0.3, -0.25) is 0 Å². The lowest BCUT2D eigenvalue weighted by molar-refractivity contribution is 0.219. The van der Waals surface area contributed by atoms with Crippen LogP contribution in [0.25, 0.3) is 0 Å². The van der Waals surface area contributed by atoms with Gasteiger partial charge in [0.15, 0.2) is 0 Å². The minimum absolute atomic E-state index is 0.305. The highest BCUT2D eigenvalue weighted by molar-refractivity contribution is 5.28. The first-order valence-corrected chi connectivity index (χ1v) is 6.88. The van der Waals surface area contributed by atoms with Gasteiger partial charge in [0.1, 0.15) is 6.07 Å². The van der Waals surface area contributed by atoms with Crippen LogP contribution in [0.3, 0.4) is 0 Å². The van der Waals surface area contributed by atoms with Crippen LogP contribution in [0.2, 0.25) is 0 Å². The normalized spacial score (nSPS) is 13.8. The SMILES string of the molecule is CCCCCCCCC(F)(C#N)c1ccccc1. The average molecular weight is 247 g/mol. The van der Waals surface area contributed by atoms with Crippen molar-refractivity contribution in [3.8, 4) is 6.07 Å².